The first-order chi connectivity index (χ1) is 14.1. The van der Waals surface area contributed by atoms with Crippen molar-refractivity contribution in [1.29, 1.82) is 5.26 Å². The normalized spacial score (nSPS) is 21.0. The summed E-state index contributed by atoms with van der Waals surface area (Å²) in [4.78, 5) is 15.4. The Labute approximate surface area is 184 Å². The molecule has 0 aliphatic heterocycles. The molecule has 2 N–H and O–H groups in total. The highest BCUT2D eigenvalue weighted by atomic mass is 79.9. The number of halogens is 1. The van der Waals surface area contributed by atoms with Gasteiger partial charge in [-0.1, -0.05) is 40.2 Å². The Bertz CT molecular complexity index is 1130. The highest BCUT2D eigenvalue weighted by Crippen LogP contribution is 2.52. The third-order valence-electron chi connectivity index (χ3n) is 5.30. The van der Waals surface area contributed by atoms with Gasteiger partial charge in [0, 0.05) is 28.2 Å². The van der Waals surface area contributed by atoms with Crippen LogP contribution in [0.5, 0.6) is 0 Å². The van der Waals surface area contributed by atoms with E-state index in [0.29, 0.717) is 5.69 Å². The fourth-order valence-corrected chi connectivity index (χ4v) is 4.79. The van der Waals surface area contributed by atoms with E-state index in [-0.39, 0.29) is 10.2 Å². The highest BCUT2D eigenvalue weighted by Gasteiger charge is 2.43. The van der Waals surface area contributed by atoms with Crippen molar-refractivity contribution in [3.8, 4) is 17.3 Å². The monoisotopic (exact) mass is 465 g/mol. The van der Waals surface area contributed by atoms with Crippen LogP contribution in [0.15, 0.2) is 48.5 Å². The van der Waals surface area contributed by atoms with E-state index in [1.54, 1.807) is 0 Å². The molecule has 2 aromatic carbocycles. The van der Waals surface area contributed by atoms with Crippen molar-refractivity contribution in [1.82, 2.24) is 4.98 Å². The number of anilines is 1. The minimum Gasteiger partial charge on any atom is -0.444 e. The SMILES string of the molecule is CC(C)(C)OC(=O)Nc1ccc(-c2cc3ccc(C4(Br)CC(C#N)C4)cc3[nH]2)cc1. The molecule has 1 heterocycles. The van der Waals surface area contributed by atoms with Crippen LogP contribution < -0.4 is 5.32 Å². The Morgan fingerprint density at radius 3 is 2.53 bits per heavy atom. The number of nitrogens with one attached hydrogen (secondary N) is 2. The molecule has 154 valence electrons. The molecule has 0 atom stereocenters. The Morgan fingerprint density at radius 1 is 1.20 bits per heavy atom. The average Bonchev–Trinajstić information content (AvgIpc) is 3.07. The number of alkyl halides is 1. The zero-order chi connectivity index (χ0) is 21.5. The zero-order valence-corrected chi connectivity index (χ0v) is 18.8. The second-order valence-corrected chi connectivity index (χ2v) is 10.4. The lowest BCUT2D eigenvalue weighted by atomic mass is 9.72. The van der Waals surface area contributed by atoms with Gasteiger partial charge in [-0.3, -0.25) is 5.32 Å². The Morgan fingerprint density at radius 2 is 1.90 bits per heavy atom. The molecule has 30 heavy (non-hydrogen) atoms. The third kappa shape index (κ3) is 4.22. The molecule has 0 saturated heterocycles. The number of hydrogen-bond donors (Lipinski definition) is 2. The molecular formula is C24H24BrN3O2. The maximum absolute atomic E-state index is 11.9. The van der Waals surface area contributed by atoms with Crippen molar-refractivity contribution in [2.24, 2.45) is 5.92 Å². The van der Waals surface area contributed by atoms with Crippen LogP contribution in [0.1, 0.15) is 39.2 Å². The van der Waals surface area contributed by atoms with E-state index in [1.165, 1.54) is 5.56 Å². The predicted molar refractivity (Wildman–Crippen MR) is 123 cm³/mol. The Kier molecular flexibility index (Phi) is 5.11. The zero-order valence-electron chi connectivity index (χ0n) is 17.3. The molecule has 0 unspecified atom stereocenters. The lowest BCUT2D eigenvalue weighted by Crippen LogP contribution is -2.34. The number of aromatic nitrogens is 1. The summed E-state index contributed by atoms with van der Waals surface area (Å²) in [7, 11) is 0. The lowest BCUT2D eigenvalue weighted by Gasteiger charge is -2.40. The number of rotatable bonds is 3. The molecule has 1 aromatic heterocycles. The van der Waals surface area contributed by atoms with Crippen LogP contribution in [0.4, 0.5) is 10.5 Å². The van der Waals surface area contributed by atoms with Crippen molar-refractivity contribution in [3.63, 3.8) is 0 Å². The molecule has 4 rings (SSSR count). The van der Waals surface area contributed by atoms with Gasteiger partial charge in [0.15, 0.2) is 0 Å². The summed E-state index contributed by atoms with van der Waals surface area (Å²) in [5.74, 6) is 0.132. The van der Waals surface area contributed by atoms with Crippen LogP contribution in [-0.2, 0) is 9.06 Å². The second-order valence-electron chi connectivity index (χ2n) is 8.89. The number of amides is 1. The van der Waals surface area contributed by atoms with Gasteiger partial charge < -0.3 is 9.72 Å². The molecule has 1 saturated carbocycles. The number of nitriles is 1. The number of nitrogens with zero attached hydrogens (tertiary/aromatic N) is 1. The van der Waals surface area contributed by atoms with Gasteiger partial charge >= 0.3 is 6.09 Å². The molecule has 5 nitrogen and oxygen atoms in total. The summed E-state index contributed by atoms with van der Waals surface area (Å²) in [5.41, 5.74) is 4.46. The molecular weight excluding hydrogens is 442 g/mol. The van der Waals surface area contributed by atoms with Gasteiger partial charge in [0.2, 0.25) is 0 Å². The van der Waals surface area contributed by atoms with Gasteiger partial charge in [0.25, 0.3) is 0 Å². The standard InChI is InChI=1S/C24H24BrN3O2/c1-23(2,3)30-22(29)27-19-8-5-16(6-9-19)20-10-17-4-7-18(11-21(17)28-20)24(25)12-15(13-24)14-26/h4-11,15,28H,12-13H2,1-3H3,(H,27,29). The van der Waals surface area contributed by atoms with Crippen LogP contribution in [0, 0.1) is 17.2 Å². The number of H-pyrrole nitrogens is 1. The van der Waals surface area contributed by atoms with Gasteiger partial charge in [-0.25, -0.2) is 4.79 Å². The number of carbonyl (C=O) groups excluding carboxylic acids is 1. The van der Waals surface area contributed by atoms with Crippen LogP contribution >= 0.6 is 15.9 Å². The van der Waals surface area contributed by atoms with Gasteiger partial charge in [0.1, 0.15) is 5.60 Å². The smallest absolute Gasteiger partial charge is 0.412 e. The minimum atomic E-state index is -0.532. The molecule has 1 fully saturated rings. The Balaban J connectivity index is 1.51. The largest absolute Gasteiger partial charge is 0.444 e. The summed E-state index contributed by atoms with van der Waals surface area (Å²) in [6.07, 6.45) is 1.22. The van der Waals surface area contributed by atoms with Crippen molar-refractivity contribution < 1.29 is 9.53 Å². The molecule has 0 radical (unpaired) electrons. The lowest BCUT2D eigenvalue weighted by molar-refractivity contribution is 0.0636. The van der Waals surface area contributed by atoms with E-state index in [9.17, 15) is 4.79 Å². The van der Waals surface area contributed by atoms with Crippen LogP contribution in [-0.4, -0.2) is 16.7 Å². The highest BCUT2D eigenvalue weighted by molar-refractivity contribution is 9.09. The first kappa shape index (κ1) is 20.5. The average molecular weight is 466 g/mol. The van der Waals surface area contributed by atoms with Gasteiger partial charge in [-0.15, -0.1) is 0 Å². The summed E-state index contributed by atoms with van der Waals surface area (Å²) >= 11 is 3.83. The summed E-state index contributed by atoms with van der Waals surface area (Å²) in [6.45, 7) is 5.50. The predicted octanol–water partition coefficient (Wildman–Crippen LogP) is 6.71. The molecule has 1 aliphatic rings. The first-order valence-corrected chi connectivity index (χ1v) is 10.8. The molecule has 0 bridgehead atoms. The topological polar surface area (TPSA) is 77.9 Å². The van der Waals surface area contributed by atoms with Crippen molar-refractivity contribution in [2.75, 3.05) is 5.32 Å². The van der Waals surface area contributed by atoms with Crippen molar-refractivity contribution >= 4 is 38.6 Å². The van der Waals surface area contributed by atoms with E-state index < -0.39 is 11.7 Å². The second kappa shape index (κ2) is 7.48. The molecule has 0 spiro atoms. The maximum atomic E-state index is 11.9. The van der Waals surface area contributed by atoms with Crippen LogP contribution in [0.2, 0.25) is 0 Å². The minimum absolute atomic E-state index is 0.0954. The number of aromatic amines is 1. The summed E-state index contributed by atoms with van der Waals surface area (Å²) < 4.78 is 5.19. The number of fused-ring (bicyclic) bond motifs is 1. The Hall–Kier alpha value is -2.78. The molecule has 1 amide bonds. The van der Waals surface area contributed by atoms with Crippen LogP contribution in [0.3, 0.4) is 0 Å². The van der Waals surface area contributed by atoms with E-state index in [1.807, 2.05) is 45.0 Å². The summed E-state index contributed by atoms with van der Waals surface area (Å²) in [6, 6.07) is 18.5. The van der Waals surface area contributed by atoms with Gasteiger partial charge in [-0.05, 0) is 69.0 Å². The van der Waals surface area contributed by atoms with Crippen molar-refractivity contribution in [2.45, 2.75) is 43.5 Å². The van der Waals surface area contributed by atoms with Crippen molar-refractivity contribution in [3.05, 3.63) is 54.1 Å². The first-order valence-electron chi connectivity index (χ1n) is 9.97. The van der Waals surface area contributed by atoms with Gasteiger partial charge in [-0.2, -0.15) is 5.26 Å². The number of benzene rings is 2. The summed E-state index contributed by atoms with van der Waals surface area (Å²) in [5, 5.41) is 13.0. The van der Waals surface area contributed by atoms with E-state index in [2.05, 4.69) is 56.6 Å². The fraction of sp³-hybridized carbons (Fsp3) is 0.333. The van der Waals surface area contributed by atoms with E-state index in [4.69, 9.17) is 10.00 Å². The fourth-order valence-electron chi connectivity index (χ4n) is 3.76. The molecule has 1 aliphatic carbocycles. The molecule has 6 heteroatoms. The number of ether oxygens (including phenoxy) is 1. The number of carbonyl (C=O) groups is 1. The number of hydrogen-bond acceptors (Lipinski definition) is 3. The quantitative estimate of drug-likeness (QED) is 0.422. The van der Waals surface area contributed by atoms with Gasteiger partial charge in [0.05, 0.1) is 10.4 Å². The third-order valence-corrected chi connectivity index (χ3v) is 6.41. The van der Waals surface area contributed by atoms with Crippen LogP contribution in [0.25, 0.3) is 22.2 Å². The molecule has 3 aromatic rings. The maximum Gasteiger partial charge on any atom is 0.412 e. The van der Waals surface area contributed by atoms with E-state index in [0.717, 1.165) is 35.0 Å². The van der Waals surface area contributed by atoms with E-state index >= 15 is 0 Å².